The lowest BCUT2D eigenvalue weighted by Gasteiger charge is -2.60. The van der Waals surface area contributed by atoms with Gasteiger partial charge in [0.25, 0.3) is 0 Å². The van der Waals surface area contributed by atoms with Crippen LogP contribution < -0.4 is 0 Å². The van der Waals surface area contributed by atoms with Crippen LogP contribution in [0.3, 0.4) is 0 Å². The number of hydrogen-bond donors (Lipinski definition) is 2. The first kappa shape index (κ1) is 22.7. The van der Waals surface area contributed by atoms with E-state index in [0.717, 1.165) is 38.0 Å². The molecule has 4 rings (SSSR count). The monoisotopic (exact) mass is 422 g/mol. The SMILES string of the molecule is CC(=O)[C@H]1[C@H](OCCOCCO)C[C@H]2[C@@H]3CC[C@H]4C[C@H](O)CC[C@]4(C)[C@H]3CC[C@@]21C. The summed E-state index contributed by atoms with van der Waals surface area (Å²) < 4.78 is 11.6. The summed E-state index contributed by atoms with van der Waals surface area (Å²) in [5.41, 5.74) is 0.396. The Balaban J connectivity index is 1.50. The van der Waals surface area contributed by atoms with Crippen molar-refractivity contribution < 1.29 is 24.5 Å². The molecule has 4 fully saturated rings. The minimum atomic E-state index is -0.104. The highest BCUT2D eigenvalue weighted by Crippen LogP contribution is 2.67. The maximum Gasteiger partial charge on any atom is 0.136 e. The van der Waals surface area contributed by atoms with Gasteiger partial charge in [0.15, 0.2) is 0 Å². The van der Waals surface area contributed by atoms with E-state index in [1.165, 1.54) is 19.3 Å². The Kier molecular flexibility index (Phi) is 6.66. The van der Waals surface area contributed by atoms with Gasteiger partial charge in [-0.25, -0.2) is 0 Å². The summed E-state index contributed by atoms with van der Waals surface area (Å²) >= 11 is 0. The van der Waals surface area contributed by atoms with Gasteiger partial charge in [0.05, 0.1) is 38.6 Å². The van der Waals surface area contributed by atoms with Crippen molar-refractivity contribution in [2.45, 2.75) is 84.3 Å². The van der Waals surface area contributed by atoms with Gasteiger partial charge in [-0.15, -0.1) is 0 Å². The Morgan fingerprint density at radius 1 is 0.967 bits per heavy atom. The molecule has 4 saturated carbocycles. The summed E-state index contributed by atoms with van der Waals surface area (Å²) in [6, 6.07) is 0. The van der Waals surface area contributed by atoms with Gasteiger partial charge in [0.1, 0.15) is 5.78 Å². The zero-order valence-electron chi connectivity index (χ0n) is 19.1. The van der Waals surface area contributed by atoms with E-state index in [2.05, 4.69) is 13.8 Å². The quantitative estimate of drug-likeness (QED) is 0.613. The van der Waals surface area contributed by atoms with Crippen LogP contribution in [0, 0.1) is 40.4 Å². The fourth-order valence-corrected chi connectivity index (χ4v) is 8.54. The predicted molar refractivity (Wildman–Crippen MR) is 115 cm³/mol. The molecule has 0 heterocycles. The van der Waals surface area contributed by atoms with Crippen molar-refractivity contribution in [3.8, 4) is 0 Å². The van der Waals surface area contributed by atoms with Gasteiger partial charge in [-0.05, 0) is 92.8 Å². The fourth-order valence-electron chi connectivity index (χ4n) is 8.54. The zero-order chi connectivity index (χ0) is 21.5. The molecule has 5 nitrogen and oxygen atoms in total. The normalized spacial score (nSPS) is 48.0. The van der Waals surface area contributed by atoms with Crippen LogP contribution in [0.2, 0.25) is 0 Å². The minimum Gasteiger partial charge on any atom is -0.394 e. The zero-order valence-corrected chi connectivity index (χ0v) is 19.1. The van der Waals surface area contributed by atoms with Crippen molar-refractivity contribution in [2.24, 2.45) is 40.4 Å². The highest BCUT2D eigenvalue weighted by molar-refractivity contribution is 5.80. The van der Waals surface area contributed by atoms with E-state index in [0.29, 0.717) is 43.0 Å². The molecule has 0 saturated heterocycles. The lowest BCUT2D eigenvalue weighted by molar-refractivity contribution is -0.141. The van der Waals surface area contributed by atoms with Gasteiger partial charge in [0.2, 0.25) is 0 Å². The van der Waals surface area contributed by atoms with Gasteiger partial charge in [-0.3, -0.25) is 4.79 Å². The molecule has 4 aliphatic carbocycles. The van der Waals surface area contributed by atoms with Gasteiger partial charge >= 0.3 is 0 Å². The van der Waals surface area contributed by atoms with Gasteiger partial charge in [0, 0.05) is 5.92 Å². The molecule has 0 radical (unpaired) electrons. The highest BCUT2D eigenvalue weighted by atomic mass is 16.5. The predicted octanol–water partition coefficient (Wildman–Crippen LogP) is 3.60. The number of carbonyl (C=O) groups is 1. The molecule has 0 aliphatic heterocycles. The molecular formula is C25H42O5. The van der Waals surface area contributed by atoms with Crippen molar-refractivity contribution >= 4 is 5.78 Å². The van der Waals surface area contributed by atoms with Crippen LogP contribution in [0.5, 0.6) is 0 Å². The smallest absolute Gasteiger partial charge is 0.136 e. The van der Waals surface area contributed by atoms with Crippen LogP contribution in [0.1, 0.15) is 72.1 Å². The number of hydrogen-bond acceptors (Lipinski definition) is 5. The van der Waals surface area contributed by atoms with Gasteiger partial charge < -0.3 is 19.7 Å². The van der Waals surface area contributed by atoms with E-state index in [1.54, 1.807) is 6.92 Å². The Morgan fingerprint density at radius 3 is 2.47 bits per heavy atom. The lowest BCUT2D eigenvalue weighted by Crippen LogP contribution is -2.54. The molecule has 4 aliphatic rings. The van der Waals surface area contributed by atoms with E-state index < -0.39 is 0 Å². The number of ether oxygens (including phenoxy) is 2. The first-order valence-corrected chi connectivity index (χ1v) is 12.3. The Bertz CT molecular complexity index is 623. The number of aliphatic hydroxyl groups is 2. The summed E-state index contributed by atoms with van der Waals surface area (Å²) in [5, 5.41) is 19.1. The third-order valence-electron chi connectivity index (χ3n) is 9.88. The minimum absolute atomic E-state index is 0.00677. The van der Waals surface area contributed by atoms with Gasteiger partial charge in [-0.1, -0.05) is 13.8 Å². The molecule has 0 amide bonds. The Hall–Kier alpha value is -0.490. The number of fused-ring (bicyclic) bond motifs is 5. The molecule has 0 spiro atoms. The standard InChI is InChI=1S/C25H42O5/c1-16(27)23-22(30-13-12-29-11-10-26)15-21-19-5-4-17-14-18(28)6-8-24(17,2)20(19)7-9-25(21,23)3/h17-23,26,28H,4-15H2,1-3H3/t17-,18+,19+,20-,21-,22+,23-,24-,25-/m0/s1. The molecule has 9 atom stereocenters. The molecule has 2 N–H and O–H groups in total. The van der Waals surface area contributed by atoms with Gasteiger partial charge in [-0.2, -0.15) is 0 Å². The third-order valence-corrected chi connectivity index (χ3v) is 9.88. The third kappa shape index (κ3) is 3.78. The van der Waals surface area contributed by atoms with Crippen LogP contribution in [0.25, 0.3) is 0 Å². The van der Waals surface area contributed by atoms with Crippen LogP contribution >= 0.6 is 0 Å². The first-order valence-electron chi connectivity index (χ1n) is 12.3. The van der Waals surface area contributed by atoms with Crippen LogP contribution in [0.15, 0.2) is 0 Å². The van der Waals surface area contributed by atoms with Crippen molar-refractivity contribution in [1.29, 1.82) is 0 Å². The molecule has 0 bridgehead atoms. The second-order valence-electron chi connectivity index (χ2n) is 11.2. The summed E-state index contributed by atoms with van der Waals surface area (Å²) in [5.74, 6) is 2.88. The molecule has 0 aromatic carbocycles. The fraction of sp³-hybridized carbons (Fsp3) is 0.960. The molecule has 172 valence electrons. The number of carbonyl (C=O) groups excluding carboxylic acids is 1. The molecule has 30 heavy (non-hydrogen) atoms. The van der Waals surface area contributed by atoms with Crippen molar-refractivity contribution in [3.63, 3.8) is 0 Å². The van der Waals surface area contributed by atoms with E-state index in [4.69, 9.17) is 14.6 Å². The topological polar surface area (TPSA) is 76.0 Å². The van der Waals surface area contributed by atoms with Crippen LogP contribution in [-0.2, 0) is 14.3 Å². The summed E-state index contributed by atoms with van der Waals surface area (Å²) in [4.78, 5) is 12.8. The number of rotatable bonds is 7. The summed E-state index contributed by atoms with van der Waals surface area (Å²) in [7, 11) is 0. The molecule has 0 aromatic rings. The molecular weight excluding hydrogens is 380 g/mol. The summed E-state index contributed by atoms with van der Waals surface area (Å²) in [6.07, 6.45) is 8.78. The second kappa shape index (κ2) is 8.80. The highest BCUT2D eigenvalue weighted by Gasteiger charge is 2.63. The number of aliphatic hydroxyl groups excluding tert-OH is 2. The average Bonchev–Trinajstić information content (AvgIpc) is 3.00. The van der Waals surface area contributed by atoms with E-state index >= 15 is 0 Å². The summed E-state index contributed by atoms with van der Waals surface area (Å²) in [6.45, 7) is 7.95. The average molecular weight is 423 g/mol. The second-order valence-corrected chi connectivity index (χ2v) is 11.2. The largest absolute Gasteiger partial charge is 0.394 e. The molecule has 0 aromatic heterocycles. The number of Topliss-reactive ketones (excluding diaryl/α,β-unsaturated/α-hetero) is 1. The lowest BCUT2D eigenvalue weighted by atomic mass is 9.44. The van der Waals surface area contributed by atoms with E-state index in [1.807, 2.05) is 0 Å². The molecule has 5 heteroatoms. The van der Waals surface area contributed by atoms with Crippen molar-refractivity contribution in [3.05, 3.63) is 0 Å². The van der Waals surface area contributed by atoms with Crippen LogP contribution in [-0.4, -0.2) is 54.6 Å². The Morgan fingerprint density at radius 2 is 1.73 bits per heavy atom. The maximum atomic E-state index is 12.8. The van der Waals surface area contributed by atoms with E-state index in [9.17, 15) is 9.90 Å². The van der Waals surface area contributed by atoms with Crippen molar-refractivity contribution in [1.82, 2.24) is 0 Å². The van der Waals surface area contributed by atoms with E-state index in [-0.39, 0.29) is 35.9 Å². The number of ketones is 1. The first-order chi connectivity index (χ1) is 14.3. The van der Waals surface area contributed by atoms with Crippen molar-refractivity contribution in [2.75, 3.05) is 26.4 Å². The Labute approximate surface area is 181 Å². The maximum absolute atomic E-state index is 12.8. The molecule has 0 unspecified atom stereocenters. The van der Waals surface area contributed by atoms with Crippen LogP contribution in [0.4, 0.5) is 0 Å².